The van der Waals surface area contributed by atoms with Crippen LogP contribution in [0.4, 0.5) is 0 Å². The smallest absolute Gasteiger partial charge is 0.222 e. The number of carbonyl (C=O) groups is 1. The van der Waals surface area contributed by atoms with Gasteiger partial charge in [0.1, 0.15) is 5.75 Å². The number of ether oxygens (including phenoxy) is 1. The first-order valence-corrected chi connectivity index (χ1v) is 7.25. The van der Waals surface area contributed by atoms with Gasteiger partial charge in [0.05, 0.1) is 6.61 Å². The molecule has 0 spiro atoms. The minimum atomic E-state index is 0.152. The molecule has 1 aliphatic carbocycles. The number of amides is 1. The van der Waals surface area contributed by atoms with Crippen LogP contribution in [-0.4, -0.2) is 38.6 Å². The first kappa shape index (κ1) is 14.9. The molecule has 0 saturated heterocycles. The zero-order chi connectivity index (χ0) is 14.5. The standard InChI is InChI=1S/C16H24N2O2/c1-17-15-9-6-12-11-13(7-8-14(12)15)20-10-4-5-16(19)18(2)3/h7-8,11,15,17H,4-6,9-10H2,1-3H3. The summed E-state index contributed by atoms with van der Waals surface area (Å²) in [7, 11) is 5.57. The minimum Gasteiger partial charge on any atom is -0.494 e. The number of benzene rings is 1. The summed E-state index contributed by atoms with van der Waals surface area (Å²) in [4.78, 5) is 13.1. The fraction of sp³-hybridized carbons (Fsp3) is 0.562. The summed E-state index contributed by atoms with van der Waals surface area (Å²) >= 11 is 0. The maximum absolute atomic E-state index is 11.4. The second-order valence-corrected chi connectivity index (χ2v) is 5.48. The maximum atomic E-state index is 11.4. The fourth-order valence-corrected chi connectivity index (χ4v) is 2.62. The second-order valence-electron chi connectivity index (χ2n) is 5.48. The molecule has 0 aliphatic heterocycles. The summed E-state index contributed by atoms with van der Waals surface area (Å²) in [6.07, 6.45) is 3.57. The van der Waals surface area contributed by atoms with Crippen molar-refractivity contribution in [2.24, 2.45) is 0 Å². The quantitative estimate of drug-likeness (QED) is 0.809. The zero-order valence-electron chi connectivity index (χ0n) is 12.6. The number of aryl methyl sites for hydroxylation is 1. The van der Waals surface area contributed by atoms with Crippen LogP contribution in [0, 0.1) is 0 Å². The van der Waals surface area contributed by atoms with E-state index in [-0.39, 0.29) is 5.91 Å². The number of hydrogen-bond acceptors (Lipinski definition) is 3. The molecule has 4 nitrogen and oxygen atoms in total. The van der Waals surface area contributed by atoms with Crippen LogP contribution in [0.25, 0.3) is 0 Å². The van der Waals surface area contributed by atoms with Gasteiger partial charge in [-0.1, -0.05) is 6.07 Å². The Morgan fingerprint density at radius 3 is 2.95 bits per heavy atom. The number of nitrogens with one attached hydrogen (secondary N) is 1. The maximum Gasteiger partial charge on any atom is 0.222 e. The van der Waals surface area contributed by atoms with Crippen molar-refractivity contribution in [2.45, 2.75) is 31.7 Å². The van der Waals surface area contributed by atoms with Crippen LogP contribution < -0.4 is 10.1 Å². The molecule has 2 rings (SSSR count). The Bertz CT molecular complexity index is 472. The molecule has 110 valence electrons. The number of rotatable bonds is 6. The van der Waals surface area contributed by atoms with Gasteiger partial charge in [-0.25, -0.2) is 0 Å². The van der Waals surface area contributed by atoms with Crippen LogP contribution in [0.3, 0.4) is 0 Å². The predicted molar refractivity (Wildman–Crippen MR) is 80.0 cm³/mol. The average Bonchev–Trinajstić information content (AvgIpc) is 2.85. The van der Waals surface area contributed by atoms with E-state index in [9.17, 15) is 4.79 Å². The van der Waals surface area contributed by atoms with E-state index >= 15 is 0 Å². The van der Waals surface area contributed by atoms with Crippen molar-refractivity contribution in [3.63, 3.8) is 0 Å². The van der Waals surface area contributed by atoms with E-state index in [1.54, 1.807) is 19.0 Å². The lowest BCUT2D eigenvalue weighted by Gasteiger charge is -2.12. The lowest BCUT2D eigenvalue weighted by atomic mass is 10.1. The molecule has 0 aromatic heterocycles. The van der Waals surface area contributed by atoms with Crippen LogP contribution in [-0.2, 0) is 11.2 Å². The van der Waals surface area contributed by atoms with Crippen LogP contribution >= 0.6 is 0 Å². The lowest BCUT2D eigenvalue weighted by Crippen LogP contribution is -2.21. The highest BCUT2D eigenvalue weighted by molar-refractivity contribution is 5.75. The van der Waals surface area contributed by atoms with E-state index in [0.717, 1.165) is 25.0 Å². The molecule has 1 N–H and O–H groups in total. The van der Waals surface area contributed by atoms with Gasteiger partial charge in [-0.2, -0.15) is 0 Å². The third-order valence-electron chi connectivity index (χ3n) is 3.84. The largest absolute Gasteiger partial charge is 0.494 e. The van der Waals surface area contributed by atoms with Crippen molar-refractivity contribution < 1.29 is 9.53 Å². The molecule has 1 aliphatic rings. The summed E-state index contributed by atoms with van der Waals surface area (Å²) in [6, 6.07) is 6.81. The van der Waals surface area contributed by atoms with Gasteiger partial charge >= 0.3 is 0 Å². The Morgan fingerprint density at radius 1 is 1.45 bits per heavy atom. The Balaban J connectivity index is 1.82. The van der Waals surface area contributed by atoms with Gasteiger partial charge < -0.3 is 15.0 Å². The highest BCUT2D eigenvalue weighted by atomic mass is 16.5. The number of nitrogens with zero attached hydrogens (tertiary/aromatic N) is 1. The summed E-state index contributed by atoms with van der Waals surface area (Å²) in [5, 5.41) is 3.33. The molecule has 0 heterocycles. The molecule has 0 saturated carbocycles. The van der Waals surface area contributed by atoms with Gasteiger partial charge in [0.25, 0.3) is 0 Å². The Labute approximate surface area is 121 Å². The van der Waals surface area contributed by atoms with Crippen LogP contribution in [0.5, 0.6) is 5.75 Å². The van der Waals surface area contributed by atoms with E-state index < -0.39 is 0 Å². The van der Waals surface area contributed by atoms with E-state index in [1.807, 2.05) is 13.1 Å². The van der Waals surface area contributed by atoms with Gasteiger partial charge in [0, 0.05) is 26.6 Å². The van der Waals surface area contributed by atoms with Gasteiger partial charge in [0.2, 0.25) is 5.91 Å². The molecule has 0 bridgehead atoms. The van der Waals surface area contributed by atoms with Crippen molar-refractivity contribution in [3.05, 3.63) is 29.3 Å². The highest BCUT2D eigenvalue weighted by Crippen LogP contribution is 2.33. The summed E-state index contributed by atoms with van der Waals surface area (Å²) in [5.41, 5.74) is 2.77. The summed E-state index contributed by atoms with van der Waals surface area (Å²) < 4.78 is 5.74. The normalized spacial score (nSPS) is 16.9. The van der Waals surface area contributed by atoms with E-state index in [0.29, 0.717) is 19.1 Å². The molecular formula is C16H24N2O2. The Hall–Kier alpha value is -1.55. The molecular weight excluding hydrogens is 252 g/mol. The number of carbonyl (C=O) groups excluding carboxylic acids is 1. The molecule has 0 radical (unpaired) electrons. The first-order valence-electron chi connectivity index (χ1n) is 7.25. The number of hydrogen-bond donors (Lipinski definition) is 1. The molecule has 20 heavy (non-hydrogen) atoms. The van der Waals surface area contributed by atoms with Crippen LogP contribution in [0.15, 0.2) is 18.2 Å². The fourth-order valence-electron chi connectivity index (χ4n) is 2.62. The highest BCUT2D eigenvalue weighted by Gasteiger charge is 2.20. The SMILES string of the molecule is CNC1CCc2cc(OCCCC(=O)N(C)C)ccc21. The van der Waals surface area contributed by atoms with Crippen molar-refractivity contribution in [2.75, 3.05) is 27.7 Å². The van der Waals surface area contributed by atoms with Gasteiger partial charge in [-0.3, -0.25) is 4.79 Å². The topological polar surface area (TPSA) is 41.6 Å². The monoisotopic (exact) mass is 276 g/mol. The molecule has 1 amide bonds. The zero-order valence-corrected chi connectivity index (χ0v) is 12.6. The van der Waals surface area contributed by atoms with Crippen LogP contribution in [0.1, 0.15) is 36.4 Å². The molecule has 0 fully saturated rings. The second kappa shape index (κ2) is 6.75. The van der Waals surface area contributed by atoms with Crippen LogP contribution in [0.2, 0.25) is 0 Å². The Morgan fingerprint density at radius 2 is 2.25 bits per heavy atom. The van der Waals surface area contributed by atoms with E-state index in [2.05, 4.69) is 17.4 Å². The molecule has 1 atom stereocenters. The van der Waals surface area contributed by atoms with E-state index in [4.69, 9.17) is 4.74 Å². The average molecular weight is 276 g/mol. The van der Waals surface area contributed by atoms with Crippen molar-refractivity contribution >= 4 is 5.91 Å². The van der Waals surface area contributed by atoms with Crippen molar-refractivity contribution in [1.82, 2.24) is 10.2 Å². The minimum absolute atomic E-state index is 0.152. The Kier molecular flexibility index (Phi) is 5.01. The lowest BCUT2D eigenvalue weighted by molar-refractivity contribution is -0.128. The molecule has 4 heteroatoms. The molecule has 1 aromatic rings. The first-order chi connectivity index (χ1) is 9.61. The van der Waals surface area contributed by atoms with Crippen molar-refractivity contribution in [3.8, 4) is 5.75 Å². The van der Waals surface area contributed by atoms with Gasteiger partial charge in [-0.15, -0.1) is 0 Å². The summed E-state index contributed by atoms with van der Waals surface area (Å²) in [5.74, 6) is 1.07. The number of fused-ring (bicyclic) bond motifs is 1. The molecule has 1 aromatic carbocycles. The van der Waals surface area contributed by atoms with Crippen molar-refractivity contribution in [1.29, 1.82) is 0 Å². The van der Waals surface area contributed by atoms with E-state index in [1.165, 1.54) is 11.1 Å². The third-order valence-corrected chi connectivity index (χ3v) is 3.84. The summed E-state index contributed by atoms with van der Waals surface area (Å²) in [6.45, 7) is 0.591. The molecule has 1 unspecified atom stereocenters. The predicted octanol–water partition coefficient (Wildman–Crippen LogP) is 2.14. The van der Waals surface area contributed by atoms with Gasteiger partial charge in [-0.05, 0) is 49.6 Å². The van der Waals surface area contributed by atoms with Gasteiger partial charge in [0.15, 0.2) is 0 Å². The third kappa shape index (κ3) is 3.51.